The number of non-ortho nitro benzene ring substituents is 1. The molecule has 0 aliphatic rings. The van der Waals surface area contributed by atoms with Crippen molar-refractivity contribution in [2.45, 2.75) is 20.0 Å². The second kappa shape index (κ2) is 8.61. The Balaban J connectivity index is 1.64. The molecule has 0 fully saturated rings. The molecule has 3 rings (SSSR count). The smallest absolute Gasteiger partial charge is 0.270 e. The summed E-state index contributed by atoms with van der Waals surface area (Å²) in [5, 5.41) is 15.7. The van der Waals surface area contributed by atoms with Crippen LogP contribution in [0.4, 0.5) is 10.8 Å². The molecule has 1 heterocycles. The summed E-state index contributed by atoms with van der Waals surface area (Å²) in [4.78, 5) is 38.4. The summed E-state index contributed by atoms with van der Waals surface area (Å²) in [5.41, 5.74) is 1.65. The second-order valence-corrected chi connectivity index (χ2v) is 7.03. The first-order valence-electron chi connectivity index (χ1n) is 8.62. The Bertz CT molecular complexity index is 1060. The summed E-state index contributed by atoms with van der Waals surface area (Å²) < 4.78 is 5.60. The molecule has 148 valence electrons. The summed E-state index contributed by atoms with van der Waals surface area (Å²) in [6.45, 7) is 3.07. The number of anilines is 1. The Morgan fingerprint density at radius 3 is 2.59 bits per heavy atom. The quantitative estimate of drug-likeness (QED) is 0.352. The molecule has 29 heavy (non-hydrogen) atoms. The predicted octanol–water partition coefficient (Wildman–Crippen LogP) is 4.33. The fourth-order valence-corrected chi connectivity index (χ4v) is 3.20. The van der Waals surface area contributed by atoms with Crippen molar-refractivity contribution in [3.8, 4) is 17.0 Å². The number of rotatable bonds is 7. The zero-order chi connectivity index (χ0) is 21.0. The van der Waals surface area contributed by atoms with Gasteiger partial charge in [-0.2, -0.15) is 0 Å². The van der Waals surface area contributed by atoms with Gasteiger partial charge in [-0.05, 0) is 38.1 Å². The molecule has 2 aromatic carbocycles. The Morgan fingerprint density at radius 2 is 1.93 bits per heavy atom. The van der Waals surface area contributed by atoms with Crippen LogP contribution in [0.1, 0.15) is 24.2 Å². The Morgan fingerprint density at radius 1 is 1.21 bits per heavy atom. The van der Waals surface area contributed by atoms with E-state index in [1.165, 1.54) is 30.4 Å². The van der Waals surface area contributed by atoms with E-state index in [1.54, 1.807) is 48.7 Å². The van der Waals surface area contributed by atoms with Crippen LogP contribution in [0.5, 0.6) is 5.75 Å². The molecule has 0 radical (unpaired) electrons. The maximum atomic E-state index is 12.4. The molecule has 0 aliphatic heterocycles. The number of ether oxygens (including phenoxy) is 1. The fraction of sp³-hybridized carbons (Fsp3) is 0.150. The minimum absolute atomic E-state index is 0.0288. The summed E-state index contributed by atoms with van der Waals surface area (Å²) >= 11 is 1.21. The number of amides is 1. The highest BCUT2D eigenvalue weighted by molar-refractivity contribution is 7.14. The lowest BCUT2D eigenvalue weighted by atomic mass is 10.1. The summed E-state index contributed by atoms with van der Waals surface area (Å²) in [7, 11) is 0. The normalized spacial score (nSPS) is 11.5. The average Bonchev–Trinajstić information content (AvgIpc) is 3.17. The van der Waals surface area contributed by atoms with Crippen molar-refractivity contribution < 1.29 is 19.2 Å². The fourth-order valence-electron chi connectivity index (χ4n) is 2.48. The zero-order valence-corrected chi connectivity index (χ0v) is 16.4. The Labute approximate surface area is 170 Å². The first kappa shape index (κ1) is 20.2. The van der Waals surface area contributed by atoms with Crippen LogP contribution in [0.2, 0.25) is 0 Å². The lowest BCUT2D eigenvalue weighted by Crippen LogP contribution is -2.30. The van der Waals surface area contributed by atoms with Crippen molar-refractivity contribution in [3.63, 3.8) is 0 Å². The van der Waals surface area contributed by atoms with Crippen molar-refractivity contribution in [3.05, 3.63) is 69.6 Å². The molecular weight excluding hydrogens is 394 g/mol. The van der Waals surface area contributed by atoms with Crippen molar-refractivity contribution in [1.29, 1.82) is 0 Å². The largest absolute Gasteiger partial charge is 0.481 e. The van der Waals surface area contributed by atoms with Crippen LogP contribution in [-0.4, -0.2) is 27.7 Å². The van der Waals surface area contributed by atoms with E-state index in [0.717, 1.165) is 0 Å². The van der Waals surface area contributed by atoms with Gasteiger partial charge < -0.3 is 4.74 Å². The van der Waals surface area contributed by atoms with Crippen LogP contribution >= 0.6 is 11.3 Å². The molecule has 1 atom stereocenters. The molecule has 9 heteroatoms. The molecule has 0 aliphatic carbocycles. The zero-order valence-electron chi connectivity index (χ0n) is 15.6. The minimum Gasteiger partial charge on any atom is -0.481 e. The van der Waals surface area contributed by atoms with Gasteiger partial charge in [-0.15, -0.1) is 11.3 Å². The number of aromatic nitrogens is 1. The van der Waals surface area contributed by atoms with Crippen molar-refractivity contribution in [2.24, 2.45) is 0 Å². The number of nitro groups is 1. The van der Waals surface area contributed by atoms with E-state index in [4.69, 9.17) is 4.74 Å². The van der Waals surface area contributed by atoms with Gasteiger partial charge in [0.15, 0.2) is 17.0 Å². The first-order valence-corrected chi connectivity index (χ1v) is 9.50. The van der Waals surface area contributed by atoms with E-state index in [-0.39, 0.29) is 17.4 Å². The van der Waals surface area contributed by atoms with Gasteiger partial charge in [0.25, 0.3) is 11.6 Å². The third-order valence-electron chi connectivity index (χ3n) is 4.03. The molecule has 0 bridgehead atoms. The summed E-state index contributed by atoms with van der Waals surface area (Å²) in [5.74, 6) is 0.0281. The number of carbonyl (C=O) groups is 2. The third kappa shape index (κ3) is 5.02. The number of Topliss-reactive ketones (excluding diaryl/α,β-unsaturated/α-hetero) is 1. The van der Waals surface area contributed by atoms with Crippen LogP contribution in [0.3, 0.4) is 0 Å². The van der Waals surface area contributed by atoms with E-state index in [1.807, 2.05) is 0 Å². The minimum atomic E-state index is -0.789. The standard InChI is InChI=1S/C20H17N3O5S/c1-12(24)14-6-8-17(9-7-14)28-13(2)19(25)22-20-21-18(11-29-20)15-4-3-5-16(10-15)23(26)27/h3-11,13H,1-2H3,(H,21,22,25)/t13-/m1/s1. The summed E-state index contributed by atoms with van der Waals surface area (Å²) in [6, 6.07) is 12.7. The highest BCUT2D eigenvalue weighted by Crippen LogP contribution is 2.27. The second-order valence-electron chi connectivity index (χ2n) is 6.18. The lowest BCUT2D eigenvalue weighted by molar-refractivity contribution is -0.384. The number of hydrogen-bond donors (Lipinski definition) is 1. The number of carbonyl (C=O) groups excluding carboxylic acids is 2. The van der Waals surface area contributed by atoms with Crippen LogP contribution in [0, 0.1) is 10.1 Å². The van der Waals surface area contributed by atoms with Gasteiger partial charge in [0.1, 0.15) is 5.75 Å². The van der Waals surface area contributed by atoms with Crippen molar-refractivity contribution in [1.82, 2.24) is 4.98 Å². The van der Waals surface area contributed by atoms with E-state index < -0.39 is 11.0 Å². The van der Waals surface area contributed by atoms with Gasteiger partial charge in [-0.25, -0.2) is 4.98 Å². The van der Waals surface area contributed by atoms with E-state index in [9.17, 15) is 19.7 Å². The molecule has 1 aromatic heterocycles. The number of thiazole rings is 1. The molecule has 3 aromatic rings. The van der Waals surface area contributed by atoms with Gasteiger partial charge in [0, 0.05) is 28.6 Å². The van der Waals surface area contributed by atoms with Gasteiger partial charge in [0.05, 0.1) is 10.6 Å². The highest BCUT2D eigenvalue weighted by Gasteiger charge is 2.17. The van der Waals surface area contributed by atoms with Crippen molar-refractivity contribution >= 4 is 33.8 Å². The van der Waals surface area contributed by atoms with Crippen LogP contribution in [0.25, 0.3) is 11.3 Å². The number of nitrogens with zero attached hydrogens (tertiary/aromatic N) is 2. The summed E-state index contributed by atoms with van der Waals surface area (Å²) in [6.07, 6.45) is -0.789. The van der Waals surface area contributed by atoms with Gasteiger partial charge >= 0.3 is 0 Å². The van der Waals surface area contributed by atoms with Crippen LogP contribution in [0.15, 0.2) is 53.9 Å². The molecule has 1 N–H and O–H groups in total. The molecule has 0 saturated carbocycles. The van der Waals surface area contributed by atoms with Gasteiger partial charge in [-0.1, -0.05) is 12.1 Å². The molecule has 0 spiro atoms. The first-order chi connectivity index (χ1) is 13.8. The molecule has 1 amide bonds. The Kier molecular flexibility index (Phi) is 5.99. The number of nitrogens with one attached hydrogen (secondary N) is 1. The Hall–Kier alpha value is -3.59. The number of ketones is 1. The molecule has 0 unspecified atom stereocenters. The van der Waals surface area contributed by atoms with Crippen LogP contribution < -0.4 is 10.1 Å². The number of nitro benzene ring substituents is 1. The maximum absolute atomic E-state index is 12.4. The SMILES string of the molecule is CC(=O)c1ccc(O[C@H](C)C(=O)Nc2nc(-c3cccc([N+](=O)[O-])c3)cs2)cc1. The number of hydrogen-bond acceptors (Lipinski definition) is 7. The monoisotopic (exact) mass is 411 g/mol. The van der Waals surface area contributed by atoms with Gasteiger partial charge in [-0.3, -0.25) is 25.0 Å². The molecule has 8 nitrogen and oxygen atoms in total. The highest BCUT2D eigenvalue weighted by atomic mass is 32.1. The third-order valence-corrected chi connectivity index (χ3v) is 4.79. The van der Waals surface area contributed by atoms with E-state index >= 15 is 0 Å². The van der Waals surface area contributed by atoms with E-state index in [0.29, 0.717) is 27.7 Å². The average molecular weight is 411 g/mol. The lowest BCUT2D eigenvalue weighted by Gasteiger charge is -2.13. The predicted molar refractivity (Wildman–Crippen MR) is 109 cm³/mol. The van der Waals surface area contributed by atoms with Crippen molar-refractivity contribution in [2.75, 3.05) is 5.32 Å². The van der Waals surface area contributed by atoms with Crippen LogP contribution in [-0.2, 0) is 4.79 Å². The van der Waals surface area contributed by atoms with E-state index in [2.05, 4.69) is 10.3 Å². The molecule has 0 saturated heterocycles. The number of benzene rings is 2. The van der Waals surface area contributed by atoms with Gasteiger partial charge in [0.2, 0.25) is 0 Å². The maximum Gasteiger partial charge on any atom is 0.270 e. The topological polar surface area (TPSA) is 111 Å². The molecular formula is C20H17N3O5S.